The van der Waals surface area contributed by atoms with Gasteiger partial charge in [-0.25, -0.2) is 14.8 Å². The minimum atomic E-state index is -0.444. The standard InChI is InChI=1S/C13H11N3O2S/c1-2-18-13(17)11-12-14-5-3-10(16(12)8-15-11)9-4-6-19-7-9/h3-8H,2H2,1H3. The minimum absolute atomic E-state index is 0.249. The third-order valence-electron chi connectivity index (χ3n) is 2.72. The van der Waals surface area contributed by atoms with E-state index in [1.165, 1.54) is 0 Å². The van der Waals surface area contributed by atoms with Crippen LogP contribution in [0.4, 0.5) is 0 Å². The highest BCUT2D eigenvalue weighted by Gasteiger charge is 2.17. The number of hydrogen-bond acceptors (Lipinski definition) is 5. The quantitative estimate of drug-likeness (QED) is 0.688. The molecule has 0 aromatic carbocycles. The van der Waals surface area contributed by atoms with Gasteiger partial charge >= 0.3 is 5.97 Å². The molecular formula is C13H11N3O2S. The second-order valence-electron chi connectivity index (χ2n) is 3.85. The summed E-state index contributed by atoms with van der Waals surface area (Å²) < 4.78 is 6.77. The molecule has 3 aromatic rings. The highest BCUT2D eigenvalue weighted by Crippen LogP contribution is 2.23. The molecule has 3 heterocycles. The lowest BCUT2D eigenvalue weighted by Crippen LogP contribution is -2.06. The number of rotatable bonds is 3. The molecule has 0 saturated carbocycles. The highest BCUT2D eigenvalue weighted by atomic mass is 32.1. The van der Waals surface area contributed by atoms with Gasteiger partial charge in [0, 0.05) is 17.1 Å². The van der Waals surface area contributed by atoms with Crippen molar-refractivity contribution in [3.63, 3.8) is 0 Å². The Morgan fingerprint density at radius 2 is 2.32 bits per heavy atom. The van der Waals surface area contributed by atoms with Crippen LogP contribution in [0.25, 0.3) is 16.9 Å². The Bertz CT molecular complexity index is 719. The molecule has 0 aliphatic heterocycles. The third-order valence-corrected chi connectivity index (χ3v) is 3.40. The van der Waals surface area contributed by atoms with Crippen LogP contribution in [0.1, 0.15) is 17.4 Å². The van der Waals surface area contributed by atoms with E-state index in [1.54, 1.807) is 35.2 Å². The van der Waals surface area contributed by atoms with Crippen LogP contribution in [0.5, 0.6) is 0 Å². The minimum Gasteiger partial charge on any atom is -0.461 e. The molecule has 0 fully saturated rings. The number of aromatic nitrogens is 3. The van der Waals surface area contributed by atoms with E-state index < -0.39 is 5.97 Å². The Balaban J connectivity index is 2.16. The van der Waals surface area contributed by atoms with E-state index in [4.69, 9.17) is 4.74 Å². The van der Waals surface area contributed by atoms with Crippen molar-refractivity contribution in [2.75, 3.05) is 6.61 Å². The van der Waals surface area contributed by atoms with E-state index in [-0.39, 0.29) is 5.69 Å². The van der Waals surface area contributed by atoms with Crippen LogP contribution in [0.2, 0.25) is 0 Å². The van der Waals surface area contributed by atoms with Gasteiger partial charge in [0.1, 0.15) is 6.33 Å². The van der Waals surface area contributed by atoms with Crippen LogP contribution in [-0.4, -0.2) is 26.9 Å². The van der Waals surface area contributed by atoms with Gasteiger partial charge in [-0.3, -0.25) is 4.40 Å². The van der Waals surface area contributed by atoms with Crippen molar-refractivity contribution in [3.05, 3.63) is 41.1 Å². The Morgan fingerprint density at radius 1 is 1.42 bits per heavy atom. The van der Waals surface area contributed by atoms with Crippen molar-refractivity contribution in [1.82, 2.24) is 14.4 Å². The number of carbonyl (C=O) groups is 1. The van der Waals surface area contributed by atoms with Crippen LogP contribution in [0.3, 0.4) is 0 Å². The van der Waals surface area contributed by atoms with Crippen molar-refractivity contribution in [3.8, 4) is 11.3 Å². The summed E-state index contributed by atoms with van der Waals surface area (Å²) in [5.74, 6) is -0.444. The Hall–Kier alpha value is -2.21. The molecule has 5 nitrogen and oxygen atoms in total. The number of thiophene rings is 1. The maximum atomic E-state index is 11.8. The topological polar surface area (TPSA) is 56.5 Å². The number of imidazole rings is 1. The summed E-state index contributed by atoms with van der Waals surface area (Å²) in [4.78, 5) is 20.1. The molecule has 0 bridgehead atoms. The number of nitrogens with zero attached hydrogens (tertiary/aromatic N) is 3. The Labute approximate surface area is 113 Å². The fourth-order valence-corrected chi connectivity index (χ4v) is 2.54. The SMILES string of the molecule is CCOC(=O)c1ncn2c(-c3ccsc3)ccnc12. The maximum Gasteiger partial charge on any atom is 0.360 e. The molecule has 0 amide bonds. The lowest BCUT2D eigenvalue weighted by molar-refractivity contribution is 0.0522. The van der Waals surface area contributed by atoms with Crippen LogP contribution < -0.4 is 0 Å². The summed E-state index contributed by atoms with van der Waals surface area (Å²) in [7, 11) is 0. The van der Waals surface area contributed by atoms with Crippen LogP contribution in [-0.2, 0) is 4.74 Å². The van der Waals surface area contributed by atoms with Crippen molar-refractivity contribution in [2.45, 2.75) is 6.92 Å². The molecule has 96 valence electrons. The molecule has 3 aromatic heterocycles. The molecule has 0 saturated heterocycles. The molecule has 0 aliphatic carbocycles. The molecule has 19 heavy (non-hydrogen) atoms. The lowest BCUT2D eigenvalue weighted by atomic mass is 10.2. The Kier molecular flexibility index (Phi) is 3.00. The van der Waals surface area contributed by atoms with Gasteiger partial charge in [0.25, 0.3) is 0 Å². The molecule has 6 heteroatoms. The first kappa shape index (κ1) is 11.9. The normalized spacial score (nSPS) is 10.8. The van der Waals surface area contributed by atoms with Crippen molar-refractivity contribution < 1.29 is 9.53 Å². The van der Waals surface area contributed by atoms with Crippen molar-refractivity contribution in [2.24, 2.45) is 0 Å². The van der Waals surface area contributed by atoms with Gasteiger partial charge < -0.3 is 4.74 Å². The number of hydrogen-bond donors (Lipinski definition) is 0. The first-order chi connectivity index (χ1) is 9.31. The third kappa shape index (κ3) is 2.00. The zero-order valence-electron chi connectivity index (χ0n) is 10.2. The Morgan fingerprint density at radius 3 is 3.05 bits per heavy atom. The van der Waals surface area contributed by atoms with Crippen LogP contribution in [0.15, 0.2) is 35.4 Å². The molecule has 0 unspecified atom stereocenters. The van der Waals surface area contributed by atoms with Crippen molar-refractivity contribution in [1.29, 1.82) is 0 Å². The number of carbonyl (C=O) groups excluding carboxylic acids is 1. The highest BCUT2D eigenvalue weighted by molar-refractivity contribution is 7.08. The van der Waals surface area contributed by atoms with Gasteiger partial charge in [-0.2, -0.15) is 11.3 Å². The van der Waals surface area contributed by atoms with E-state index in [1.807, 2.05) is 22.9 Å². The van der Waals surface area contributed by atoms with Gasteiger partial charge in [0.05, 0.1) is 12.3 Å². The van der Waals surface area contributed by atoms with E-state index in [0.717, 1.165) is 11.3 Å². The van der Waals surface area contributed by atoms with Crippen LogP contribution >= 0.6 is 11.3 Å². The van der Waals surface area contributed by atoms with Gasteiger partial charge in [0.15, 0.2) is 11.3 Å². The van der Waals surface area contributed by atoms with Gasteiger partial charge in [-0.15, -0.1) is 0 Å². The molecular weight excluding hydrogens is 262 g/mol. The monoisotopic (exact) mass is 273 g/mol. The maximum absolute atomic E-state index is 11.8. The average molecular weight is 273 g/mol. The zero-order valence-corrected chi connectivity index (χ0v) is 11.1. The average Bonchev–Trinajstić information content (AvgIpc) is 3.08. The molecule has 0 N–H and O–H groups in total. The molecule has 3 rings (SSSR count). The summed E-state index contributed by atoms with van der Waals surface area (Å²) >= 11 is 1.62. The molecule has 0 atom stereocenters. The molecule has 0 aliphatic rings. The smallest absolute Gasteiger partial charge is 0.360 e. The largest absolute Gasteiger partial charge is 0.461 e. The van der Waals surface area contributed by atoms with E-state index in [0.29, 0.717) is 12.3 Å². The molecule has 0 radical (unpaired) electrons. The predicted octanol–water partition coefficient (Wildman–Crippen LogP) is 2.63. The second-order valence-corrected chi connectivity index (χ2v) is 4.63. The van der Waals surface area contributed by atoms with Crippen molar-refractivity contribution >= 4 is 23.0 Å². The number of ether oxygens (including phenoxy) is 1. The second kappa shape index (κ2) is 4.81. The predicted molar refractivity (Wildman–Crippen MR) is 72.3 cm³/mol. The summed E-state index contributed by atoms with van der Waals surface area (Å²) in [5.41, 5.74) is 2.79. The summed E-state index contributed by atoms with van der Waals surface area (Å²) in [6.45, 7) is 2.09. The number of fused-ring (bicyclic) bond motifs is 1. The fourth-order valence-electron chi connectivity index (χ4n) is 1.89. The lowest BCUT2D eigenvalue weighted by Gasteiger charge is -2.03. The van der Waals surface area contributed by atoms with E-state index in [2.05, 4.69) is 9.97 Å². The summed E-state index contributed by atoms with van der Waals surface area (Å²) in [5, 5.41) is 4.05. The van der Waals surface area contributed by atoms with Gasteiger partial charge in [0.2, 0.25) is 0 Å². The summed E-state index contributed by atoms with van der Waals surface area (Å²) in [6.07, 6.45) is 3.27. The first-order valence-corrected chi connectivity index (χ1v) is 6.77. The fraction of sp³-hybridized carbons (Fsp3) is 0.154. The van der Waals surface area contributed by atoms with E-state index >= 15 is 0 Å². The summed E-state index contributed by atoms with van der Waals surface area (Å²) in [6, 6.07) is 3.91. The molecule has 0 spiro atoms. The van der Waals surface area contributed by atoms with Gasteiger partial charge in [-0.1, -0.05) is 0 Å². The first-order valence-electron chi connectivity index (χ1n) is 5.83. The van der Waals surface area contributed by atoms with Crippen LogP contribution in [0, 0.1) is 0 Å². The van der Waals surface area contributed by atoms with Gasteiger partial charge in [-0.05, 0) is 24.4 Å². The van der Waals surface area contributed by atoms with E-state index in [9.17, 15) is 4.79 Å². The zero-order chi connectivity index (χ0) is 13.2. The number of esters is 1.